The first kappa shape index (κ1) is 18.0. The summed E-state index contributed by atoms with van der Waals surface area (Å²) in [6, 6.07) is 18.3. The Hall–Kier alpha value is -3.38. The SMILES string of the molecule is Cc1ccc(-c2nc(NCc3ccco3)n(C(=O)c3ccccc3Cl)n2)cc1. The monoisotopic (exact) mass is 392 g/mol. The molecule has 0 aliphatic heterocycles. The van der Waals surface area contributed by atoms with Crippen LogP contribution in [-0.2, 0) is 6.54 Å². The van der Waals surface area contributed by atoms with Crippen LogP contribution in [0.2, 0.25) is 5.02 Å². The summed E-state index contributed by atoms with van der Waals surface area (Å²) in [6.45, 7) is 2.38. The van der Waals surface area contributed by atoms with E-state index in [0.717, 1.165) is 16.9 Å². The first-order chi connectivity index (χ1) is 13.6. The van der Waals surface area contributed by atoms with Crippen LogP contribution in [0.1, 0.15) is 21.7 Å². The topological polar surface area (TPSA) is 73.0 Å². The molecule has 0 unspecified atom stereocenters. The van der Waals surface area contributed by atoms with E-state index in [1.807, 2.05) is 37.3 Å². The van der Waals surface area contributed by atoms with E-state index in [4.69, 9.17) is 16.0 Å². The highest BCUT2D eigenvalue weighted by molar-refractivity contribution is 6.33. The van der Waals surface area contributed by atoms with Gasteiger partial charge in [-0.3, -0.25) is 4.79 Å². The Bertz CT molecular complexity index is 1100. The standard InChI is InChI=1S/C21H17ClN4O2/c1-14-8-10-15(11-9-14)19-24-21(23-13-16-5-4-12-28-16)26(25-19)20(27)17-6-2-3-7-18(17)22/h2-12H,13H2,1H3,(H,23,24,25). The smallest absolute Gasteiger partial charge is 0.282 e. The van der Waals surface area contributed by atoms with Crippen LogP contribution in [-0.4, -0.2) is 20.7 Å². The van der Waals surface area contributed by atoms with Crippen LogP contribution < -0.4 is 5.32 Å². The van der Waals surface area contributed by atoms with Crippen molar-refractivity contribution < 1.29 is 9.21 Å². The number of aromatic nitrogens is 3. The minimum absolute atomic E-state index is 0.317. The van der Waals surface area contributed by atoms with Crippen molar-refractivity contribution in [1.29, 1.82) is 0 Å². The van der Waals surface area contributed by atoms with Crippen LogP contribution in [0.3, 0.4) is 0 Å². The van der Waals surface area contributed by atoms with Crippen LogP contribution in [0.25, 0.3) is 11.4 Å². The molecule has 2 heterocycles. The van der Waals surface area contributed by atoms with E-state index < -0.39 is 0 Å². The van der Waals surface area contributed by atoms with Crippen molar-refractivity contribution in [3.05, 3.63) is 88.8 Å². The number of benzene rings is 2. The number of nitrogens with zero attached hydrogens (tertiary/aromatic N) is 3. The van der Waals surface area contributed by atoms with Gasteiger partial charge in [0, 0.05) is 5.56 Å². The lowest BCUT2D eigenvalue weighted by Gasteiger charge is -2.07. The number of halogens is 1. The first-order valence-electron chi connectivity index (χ1n) is 8.71. The molecule has 0 saturated heterocycles. The molecule has 6 nitrogen and oxygen atoms in total. The van der Waals surface area contributed by atoms with Gasteiger partial charge in [-0.25, -0.2) is 0 Å². The number of hydrogen-bond donors (Lipinski definition) is 1. The summed E-state index contributed by atoms with van der Waals surface area (Å²) in [7, 11) is 0. The fourth-order valence-corrected chi connectivity index (χ4v) is 2.94. The highest BCUT2D eigenvalue weighted by Gasteiger charge is 2.20. The van der Waals surface area contributed by atoms with Crippen molar-refractivity contribution in [3.63, 3.8) is 0 Å². The summed E-state index contributed by atoms with van der Waals surface area (Å²) in [5, 5.41) is 7.91. The molecule has 1 N–H and O–H groups in total. The van der Waals surface area contributed by atoms with E-state index in [-0.39, 0.29) is 5.91 Å². The predicted octanol–water partition coefficient (Wildman–Crippen LogP) is 4.80. The van der Waals surface area contributed by atoms with Gasteiger partial charge < -0.3 is 9.73 Å². The Morgan fingerprint density at radius 3 is 2.61 bits per heavy atom. The average molecular weight is 393 g/mol. The first-order valence-corrected chi connectivity index (χ1v) is 9.09. The quantitative estimate of drug-likeness (QED) is 0.528. The maximum absolute atomic E-state index is 13.1. The van der Waals surface area contributed by atoms with Crippen molar-refractivity contribution in [2.24, 2.45) is 0 Å². The molecule has 4 rings (SSSR count). The third-order valence-electron chi connectivity index (χ3n) is 4.21. The molecule has 2 aromatic heterocycles. The van der Waals surface area contributed by atoms with E-state index in [1.165, 1.54) is 4.68 Å². The molecule has 0 bridgehead atoms. The zero-order valence-electron chi connectivity index (χ0n) is 15.1. The molecule has 140 valence electrons. The molecule has 4 aromatic rings. The number of nitrogens with one attached hydrogen (secondary N) is 1. The molecule has 0 amide bonds. The van der Waals surface area contributed by atoms with Crippen molar-refractivity contribution in [1.82, 2.24) is 14.8 Å². The minimum Gasteiger partial charge on any atom is -0.467 e. The van der Waals surface area contributed by atoms with Gasteiger partial charge in [0.2, 0.25) is 5.95 Å². The van der Waals surface area contributed by atoms with Crippen molar-refractivity contribution >= 4 is 23.5 Å². The highest BCUT2D eigenvalue weighted by atomic mass is 35.5. The lowest BCUT2D eigenvalue weighted by atomic mass is 10.1. The molecular weight excluding hydrogens is 376 g/mol. The van der Waals surface area contributed by atoms with Gasteiger partial charge >= 0.3 is 0 Å². The van der Waals surface area contributed by atoms with Crippen LogP contribution in [0.15, 0.2) is 71.3 Å². The largest absolute Gasteiger partial charge is 0.467 e. The maximum Gasteiger partial charge on any atom is 0.282 e. The Balaban J connectivity index is 1.72. The lowest BCUT2D eigenvalue weighted by molar-refractivity contribution is 0.0947. The minimum atomic E-state index is -0.363. The van der Waals surface area contributed by atoms with Crippen LogP contribution in [0, 0.1) is 6.92 Å². The molecule has 0 saturated carbocycles. The van der Waals surface area contributed by atoms with Gasteiger partial charge in [-0.1, -0.05) is 53.6 Å². The maximum atomic E-state index is 13.1. The van der Waals surface area contributed by atoms with Gasteiger partial charge in [-0.2, -0.15) is 9.67 Å². The van der Waals surface area contributed by atoms with Crippen LogP contribution in [0.4, 0.5) is 5.95 Å². The molecule has 0 spiro atoms. The fourth-order valence-electron chi connectivity index (χ4n) is 2.72. The molecule has 0 aliphatic carbocycles. The molecule has 2 aromatic carbocycles. The number of carbonyl (C=O) groups excluding carboxylic acids is 1. The van der Waals surface area contributed by atoms with Gasteiger partial charge in [-0.15, -0.1) is 5.10 Å². The molecule has 0 aliphatic rings. The summed E-state index contributed by atoms with van der Waals surface area (Å²) in [6.07, 6.45) is 1.59. The third kappa shape index (κ3) is 3.68. The van der Waals surface area contributed by atoms with Crippen LogP contribution in [0.5, 0.6) is 0 Å². The van der Waals surface area contributed by atoms with E-state index in [9.17, 15) is 4.79 Å². The van der Waals surface area contributed by atoms with Gasteiger partial charge in [0.15, 0.2) is 5.82 Å². The summed E-state index contributed by atoms with van der Waals surface area (Å²) in [5.41, 5.74) is 2.30. The Labute approximate surface area is 166 Å². The van der Waals surface area contributed by atoms with Crippen molar-refractivity contribution in [3.8, 4) is 11.4 Å². The summed E-state index contributed by atoms with van der Waals surface area (Å²) >= 11 is 6.20. The predicted molar refractivity (Wildman–Crippen MR) is 107 cm³/mol. The second kappa shape index (κ2) is 7.70. The number of rotatable bonds is 5. The van der Waals surface area contributed by atoms with Gasteiger partial charge in [-0.05, 0) is 31.2 Å². The highest BCUT2D eigenvalue weighted by Crippen LogP contribution is 2.22. The fraction of sp³-hybridized carbons (Fsp3) is 0.0952. The van der Waals surface area contributed by atoms with E-state index in [0.29, 0.717) is 28.9 Å². The number of carbonyl (C=O) groups is 1. The molecule has 0 atom stereocenters. The summed E-state index contributed by atoms with van der Waals surface area (Å²) in [5.74, 6) is 1.12. The van der Waals surface area contributed by atoms with Crippen molar-refractivity contribution in [2.45, 2.75) is 13.5 Å². The Morgan fingerprint density at radius 2 is 1.89 bits per heavy atom. The second-order valence-corrected chi connectivity index (χ2v) is 6.66. The molecule has 7 heteroatoms. The number of aryl methyl sites for hydroxylation is 1. The summed E-state index contributed by atoms with van der Waals surface area (Å²) in [4.78, 5) is 17.6. The Kier molecular flexibility index (Phi) is 4.95. The van der Waals surface area contributed by atoms with Crippen LogP contribution >= 0.6 is 11.6 Å². The number of anilines is 1. The average Bonchev–Trinajstić information content (AvgIpc) is 3.37. The normalized spacial score (nSPS) is 10.8. The lowest BCUT2D eigenvalue weighted by Crippen LogP contribution is -2.17. The molecular formula is C21H17ClN4O2. The Morgan fingerprint density at radius 1 is 1.11 bits per heavy atom. The van der Waals surface area contributed by atoms with E-state index >= 15 is 0 Å². The number of hydrogen-bond acceptors (Lipinski definition) is 5. The molecule has 28 heavy (non-hydrogen) atoms. The number of furan rings is 1. The van der Waals surface area contributed by atoms with Gasteiger partial charge in [0.05, 0.1) is 23.4 Å². The summed E-state index contributed by atoms with van der Waals surface area (Å²) < 4.78 is 6.57. The zero-order chi connectivity index (χ0) is 19.5. The van der Waals surface area contributed by atoms with Gasteiger partial charge in [0.25, 0.3) is 5.91 Å². The zero-order valence-corrected chi connectivity index (χ0v) is 15.8. The van der Waals surface area contributed by atoms with Gasteiger partial charge in [0.1, 0.15) is 5.76 Å². The van der Waals surface area contributed by atoms with E-state index in [1.54, 1.807) is 36.6 Å². The molecule has 0 fully saturated rings. The molecule has 0 radical (unpaired) electrons. The second-order valence-electron chi connectivity index (χ2n) is 6.25. The van der Waals surface area contributed by atoms with E-state index in [2.05, 4.69) is 15.4 Å². The van der Waals surface area contributed by atoms with Crippen molar-refractivity contribution in [2.75, 3.05) is 5.32 Å². The third-order valence-corrected chi connectivity index (χ3v) is 4.54.